The van der Waals surface area contributed by atoms with Crippen molar-refractivity contribution in [3.63, 3.8) is 0 Å². The average Bonchev–Trinajstić information content (AvgIpc) is 2.43. The molecule has 0 fully saturated rings. The zero-order chi connectivity index (χ0) is 15.6. The summed E-state index contributed by atoms with van der Waals surface area (Å²) in [4.78, 5) is 0. The molecule has 0 saturated carbocycles. The maximum Gasteiger partial charge on any atom is 0.141 e. The highest BCUT2D eigenvalue weighted by Gasteiger charge is 2.16. The smallest absolute Gasteiger partial charge is 0.141 e. The van der Waals surface area contributed by atoms with Crippen LogP contribution in [0.3, 0.4) is 0 Å². The fourth-order valence-corrected chi connectivity index (χ4v) is 2.88. The molecule has 1 N–H and O–H groups in total. The lowest BCUT2D eigenvalue weighted by Crippen LogP contribution is -2.18. The molecule has 0 bridgehead atoms. The second kappa shape index (κ2) is 6.46. The number of benzene rings is 2. The van der Waals surface area contributed by atoms with Crippen molar-refractivity contribution in [3.05, 3.63) is 63.4 Å². The Kier molecular flexibility index (Phi) is 4.86. The number of hydrogen-bond acceptors (Lipinski definition) is 2. The van der Waals surface area contributed by atoms with Crippen LogP contribution in [0, 0.1) is 19.7 Å². The lowest BCUT2D eigenvalue weighted by atomic mass is 9.95. The molecule has 21 heavy (non-hydrogen) atoms. The average molecular weight is 308 g/mol. The van der Waals surface area contributed by atoms with Gasteiger partial charge in [0.2, 0.25) is 0 Å². The molecule has 1 unspecified atom stereocenters. The predicted octanol–water partition coefficient (Wildman–Crippen LogP) is 4.41. The first-order valence-electron chi connectivity index (χ1n) is 6.75. The Balaban J connectivity index is 2.48. The Bertz CT molecular complexity index is 634. The Morgan fingerprint density at radius 2 is 1.71 bits per heavy atom. The maximum atomic E-state index is 13.3. The molecule has 0 amide bonds. The van der Waals surface area contributed by atoms with Crippen LogP contribution < -0.4 is 10.1 Å². The number of ether oxygens (including phenoxy) is 1. The van der Waals surface area contributed by atoms with Gasteiger partial charge in [-0.1, -0.05) is 29.8 Å². The van der Waals surface area contributed by atoms with E-state index in [0.29, 0.717) is 0 Å². The van der Waals surface area contributed by atoms with Crippen LogP contribution in [0.1, 0.15) is 28.3 Å². The molecule has 0 aliphatic rings. The van der Waals surface area contributed by atoms with E-state index >= 15 is 0 Å². The number of rotatable bonds is 4. The van der Waals surface area contributed by atoms with Crippen LogP contribution >= 0.6 is 11.6 Å². The molecule has 4 heteroatoms. The topological polar surface area (TPSA) is 21.3 Å². The molecule has 2 nitrogen and oxygen atoms in total. The Morgan fingerprint density at radius 1 is 1.10 bits per heavy atom. The van der Waals surface area contributed by atoms with Crippen LogP contribution in [0.15, 0.2) is 30.3 Å². The van der Waals surface area contributed by atoms with Crippen LogP contribution in [-0.4, -0.2) is 14.2 Å². The monoisotopic (exact) mass is 307 g/mol. The molecular weight excluding hydrogens is 289 g/mol. The molecule has 0 aliphatic carbocycles. The Hall–Kier alpha value is -1.58. The van der Waals surface area contributed by atoms with E-state index in [2.05, 4.69) is 17.4 Å². The first-order valence-corrected chi connectivity index (χ1v) is 7.13. The molecule has 0 aliphatic heterocycles. The van der Waals surface area contributed by atoms with E-state index in [-0.39, 0.29) is 11.1 Å². The van der Waals surface area contributed by atoms with Crippen molar-refractivity contribution in [1.29, 1.82) is 0 Å². The van der Waals surface area contributed by atoms with E-state index in [0.717, 1.165) is 28.0 Å². The fourth-order valence-electron chi connectivity index (χ4n) is 2.69. The highest BCUT2D eigenvalue weighted by Crippen LogP contribution is 2.31. The van der Waals surface area contributed by atoms with Gasteiger partial charge >= 0.3 is 0 Å². The summed E-state index contributed by atoms with van der Waals surface area (Å²) in [6.45, 7) is 4.03. The van der Waals surface area contributed by atoms with E-state index in [4.69, 9.17) is 16.3 Å². The van der Waals surface area contributed by atoms with E-state index < -0.39 is 5.82 Å². The molecule has 1 atom stereocenters. The third-order valence-corrected chi connectivity index (χ3v) is 3.88. The summed E-state index contributed by atoms with van der Waals surface area (Å²) in [6.07, 6.45) is 0. The van der Waals surface area contributed by atoms with Crippen molar-refractivity contribution < 1.29 is 9.13 Å². The lowest BCUT2D eigenvalue weighted by molar-refractivity contribution is 0.408. The van der Waals surface area contributed by atoms with E-state index in [1.54, 1.807) is 19.2 Å². The molecule has 2 rings (SSSR count). The lowest BCUT2D eigenvalue weighted by Gasteiger charge is -2.20. The highest BCUT2D eigenvalue weighted by atomic mass is 35.5. The third-order valence-electron chi connectivity index (χ3n) is 3.59. The molecule has 0 spiro atoms. The van der Waals surface area contributed by atoms with E-state index in [1.807, 2.05) is 20.9 Å². The molecule has 0 saturated heterocycles. The van der Waals surface area contributed by atoms with E-state index in [9.17, 15) is 4.39 Å². The van der Waals surface area contributed by atoms with Gasteiger partial charge in [0.05, 0.1) is 18.2 Å². The molecule has 2 aromatic rings. The van der Waals surface area contributed by atoms with Crippen LogP contribution in [0.25, 0.3) is 0 Å². The van der Waals surface area contributed by atoms with Crippen LogP contribution in [0.4, 0.5) is 4.39 Å². The third kappa shape index (κ3) is 3.20. The van der Waals surface area contributed by atoms with Crippen LogP contribution in [-0.2, 0) is 0 Å². The number of aryl methyl sites for hydroxylation is 2. The van der Waals surface area contributed by atoms with Crippen molar-refractivity contribution in [2.75, 3.05) is 14.2 Å². The normalized spacial score (nSPS) is 12.3. The van der Waals surface area contributed by atoms with Gasteiger partial charge in [0, 0.05) is 0 Å². The van der Waals surface area contributed by atoms with Gasteiger partial charge in [-0.25, -0.2) is 4.39 Å². The molecular formula is C17H19ClFNO. The zero-order valence-electron chi connectivity index (χ0n) is 12.6. The number of nitrogens with one attached hydrogen (secondary N) is 1. The van der Waals surface area contributed by atoms with Crippen LogP contribution in [0.5, 0.6) is 5.75 Å². The minimum atomic E-state index is -0.405. The summed E-state index contributed by atoms with van der Waals surface area (Å²) in [7, 11) is 3.54. The Morgan fingerprint density at radius 3 is 2.19 bits per heavy atom. The van der Waals surface area contributed by atoms with Crippen molar-refractivity contribution in [3.8, 4) is 5.75 Å². The van der Waals surface area contributed by atoms with Crippen molar-refractivity contribution in [2.24, 2.45) is 0 Å². The fraction of sp³-hybridized carbons (Fsp3) is 0.294. The first-order chi connectivity index (χ1) is 9.97. The number of hydrogen-bond donors (Lipinski definition) is 1. The van der Waals surface area contributed by atoms with Crippen molar-refractivity contribution >= 4 is 11.6 Å². The largest absolute Gasteiger partial charge is 0.496 e. The minimum Gasteiger partial charge on any atom is -0.496 e. The SMILES string of the molecule is CNC(c1cc(C)c(OC)c(C)c1)c1ccc(F)c(Cl)c1. The summed E-state index contributed by atoms with van der Waals surface area (Å²) in [5, 5.41) is 3.39. The first kappa shape index (κ1) is 15.8. The molecule has 0 aromatic heterocycles. The van der Waals surface area contributed by atoms with Gasteiger partial charge in [-0.3, -0.25) is 0 Å². The summed E-state index contributed by atoms with van der Waals surface area (Å²) in [6, 6.07) is 8.90. The number of methoxy groups -OCH3 is 1. The Labute approximate surface area is 129 Å². The highest BCUT2D eigenvalue weighted by molar-refractivity contribution is 6.30. The standard InChI is InChI=1S/C17H19ClFNO/c1-10-7-13(8-11(2)17(10)21-4)16(20-3)12-5-6-15(19)14(18)9-12/h5-9,16,20H,1-4H3. The van der Waals surface area contributed by atoms with Gasteiger partial charge < -0.3 is 10.1 Å². The van der Waals surface area contributed by atoms with Crippen LogP contribution in [0.2, 0.25) is 5.02 Å². The molecule has 0 radical (unpaired) electrons. The quantitative estimate of drug-likeness (QED) is 0.903. The van der Waals surface area contributed by atoms with E-state index in [1.165, 1.54) is 6.07 Å². The molecule has 2 aromatic carbocycles. The number of halogens is 2. The summed E-state index contributed by atoms with van der Waals surface area (Å²) in [5.74, 6) is 0.489. The summed E-state index contributed by atoms with van der Waals surface area (Å²) < 4.78 is 18.7. The van der Waals surface area contributed by atoms with Gasteiger partial charge in [0.15, 0.2) is 0 Å². The van der Waals surface area contributed by atoms with Gasteiger partial charge in [-0.2, -0.15) is 0 Å². The minimum absolute atomic E-state index is 0.0496. The second-order valence-electron chi connectivity index (χ2n) is 5.08. The van der Waals surface area contributed by atoms with Gasteiger partial charge in [0.25, 0.3) is 0 Å². The van der Waals surface area contributed by atoms with Gasteiger partial charge in [-0.15, -0.1) is 0 Å². The van der Waals surface area contributed by atoms with Gasteiger partial charge in [-0.05, 0) is 55.3 Å². The van der Waals surface area contributed by atoms with Crippen molar-refractivity contribution in [1.82, 2.24) is 5.32 Å². The second-order valence-corrected chi connectivity index (χ2v) is 5.49. The predicted molar refractivity (Wildman–Crippen MR) is 84.8 cm³/mol. The summed E-state index contributed by atoms with van der Waals surface area (Å²) in [5.41, 5.74) is 4.16. The zero-order valence-corrected chi connectivity index (χ0v) is 13.4. The van der Waals surface area contributed by atoms with Crippen molar-refractivity contribution in [2.45, 2.75) is 19.9 Å². The maximum absolute atomic E-state index is 13.3. The molecule has 0 heterocycles. The molecule has 112 valence electrons. The van der Waals surface area contributed by atoms with Gasteiger partial charge in [0.1, 0.15) is 11.6 Å². The summed E-state index contributed by atoms with van der Waals surface area (Å²) >= 11 is 5.89.